The molecule has 0 radical (unpaired) electrons. The van der Waals surface area contributed by atoms with Crippen LogP contribution in [0.15, 0.2) is 36.9 Å². The van der Waals surface area contributed by atoms with Gasteiger partial charge in [0.25, 0.3) is 0 Å². The number of nitrogens with one attached hydrogen (secondary N) is 1. The molecule has 3 aromatic rings. The van der Waals surface area contributed by atoms with E-state index in [0.717, 1.165) is 18.4 Å². The van der Waals surface area contributed by atoms with Crippen LogP contribution in [-0.2, 0) is 11.2 Å². The number of aryl methyl sites for hydroxylation is 1. The van der Waals surface area contributed by atoms with Gasteiger partial charge in [-0.3, -0.25) is 4.79 Å². The van der Waals surface area contributed by atoms with E-state index in [1.165, 1.54) is 17.5 Å². The number of amides is 1. The van der Waals surface area contributed by atoms with E-state index in [1.807, 2.05) is 30.0 Å². The van der Waals surface area contributed by atoms with Gasteiger partial charge in [0.05, 0.1) is 18.9 Å². The number of rotatable bonds is 4. The van der Waals surface area contributed by atoms with E-state index in [4.69, 9.17) is 0 Å². The molecule has 0 fully saturated rings. The number of fused-ring (bicyclic) bond motifs is 2. The molecule has 0 bridgehead atoms. The van der Waals surface area contributed by atoms with Gasteiger partial charge in [0, 0.05) is 14.1 Å². The first-order chi connectivity index (χ1) is 12.1. The molecule has 7 nitrogen and oxygen atoms in total. The predicted molar refractivity (Wildman–Crippen MR) is 95.2 cm³/mol. The van der Waals surface area contributed by atoms with Crippen molar-refractivity contribution in [2.24, 2.45) is 0 Å². The van der Waals surface area contributed by atoms with Crippen molar-refractivity contribution in [3.8, 4) is 0 Å². The number of H-pyrrole nitrogens is 1. The molecule has 2 aromatic heterocycles. The van der Waals surface area contributed by atoms with Crippen molar-refractivity contribution in [1.82, 2.24) is 24.8 Å². The predicted octanol–water partition coefficient (Wildman–Crippen LogP) is 1.93. The van der Waals surface area contributed by atoms with Crippen LogP contribution < -0.4 is 4.90 Å². The number of carbonyl (C=O) groups is 1. The first-order valence-electron chi connectivity index (χ1n) is 8.34. The topological polar surface area (TPSA) is 78.0 Å². The number of likely N-dealkylation sites (N-methyl/N-ethyl adjacent to an activating group) is 2. The maximum atomic E-state index is 12.8. The fraction of sp³-hybridized carbons (Fsp3) is 0.333. The molecule has 128 valence electrons. The molecule has 1 aliphatic rings. The van der Waals surface area contributed by atoms with E-state index in [-0.39, 0.29) is 18.5 Å². The molecule has 4 rings (SSSR count). The van der Waals surface area contributed by atoms with E-state index in [1.54, 1.807) is 6.33 Å². The van der Waals surface area contributed by atoms with E-state index < -0.39 is 0 Å². The van der Waals surface area contributed by atoms with Crippen LogP contribution in [0.3, 0.4) is 0 Å². The standard InChI is InChI=1S/C18H20N6O/c1-23(18-16-17(20-10-19-16)21-11-22-18)9-15(25)24(2)14-8-7-12-5-3-4-6-13(12)14/h3-6,10-11,14H,7-9H2,1-2H3,(H,19,20,21,22)/t14-/m0/s1. The summed E-state index contributed by atoms with van der Waals surface area (Å²) in [6, 6.07) is 8.52. The summed E-state index contributed by atoms with van der Waals surface area (Å²) in [5, 5.41) is 0. The van der Waals surface area contributed by atoms with Gasteiger partial charge in [-0.1, -0.05) is 24.3 Å². The van der Waals surface area contributed by atoms with Gasteiger partial charge in [0.1, 0.15) is 11.8 Å². The van der Waals surface area contributed by atoms with Gasteiger partial charge in [0.2, 0.25) is 5.91 Å². The Hall–Kier alpha value is -2.96. The Morgan fingerprint density at radius 2 is 2.08 bits per heavy atom. The summed E-state index contributed by atoms with van der Waals surface area (Å²) in [5.74, 6) is 0.742. The number of hydrogen-bond acceptors (Lipinski definition) is 5. The molecular weight excluding hydrogens is 316 g/mol. The second-order valence-corrected chi connectivity index (χ2v) is 6.41. The summed E-state index contributed by atoms with van der Waals surface area (Å²) >= 11 is 0. The van der Waals surface area contributed by atoms with E-state index >= 15 is 0 Å². The van der Waals surface area contributed by atoms with Crippen molar-refractivity contribution in [3.05, 3.63) is 48.0 Å². The SMILES string of the molecule is CN(CC(=O)N(C)[C@H]1CCc2ccccc21)c1ncnc2nc[nH]c12. The average molecular weight is 336 g/mol. The zero-order valence-corrected chi connectivity index (χ0v) is 14.3. The van der Waals surface area contributed by atoms with Gasteiger partial charge in [-0.05, 0) is 24.0 Å². The Labute approximate surface area is 145 Å². The molecule has 25 heavy (non-hydrogen) atoms. The number of aromatic amines is 1. The van der Waals surface area contributed by atoms with Crippen LogP contribution in [0.25, 0.3) is 11.2 Å². The number of aromatic nitrogens is 4. The second kappa shape index (κ2) is 6.16. The lowest BCUT2D eigenvalue weighted by Gasteiger charge is -2.28. The minimum atomic E-state index is 0.0653. The van der Waals surface area contributed by atoms with Gasteiger partial charge in [-0.2, -0.15) is 0 Å². The van der Waals surface area contributed by atoms with Crippen molar-refractivity contribution in [2.45, 2.75) is 18.9 Å². The first kappa shape index (κ1) is 15.6. The number of hydrogen-bond donors (Lipinski definition) is 1. The van der Waals surface area contributed by atoms with Gasteiger partial charge >= 0.3 is 0 Å². The maximum Gasteiger partial charge on any atom is 0.242 e. The summed E-state index contributed by atoms with van der Waals surface area (Å²) in [6.45, 7) is 0.250. The molecule has 1 aromatic carbocycles. The third-order valence-electron chi connectivity index (χ3n) is 4.90. The third-order valence-corrected chi connectivity index (χ3v) is 4.90. The number of imidazole rings is 1. The molecule has 1 atom stereocenters. The minimum absolute atomic E-state index is 0.0653. The first-order valence-corrected chi connectivity index (χ1v) is 8.34. The Bertz CT molecular complexity index is 921. The van der Waals surface area contributed by atoms with Crippen LogP contribution in [-0.4, -0.2) is 51.4 Å². The summed E-state index contributed by atoms with van der Waals surface area (Å²) in [6.07, 6.45) is 5.05. The molecule has 1 aliphatic carbocycles. The van der Waals surface area contributed by atoms with Crippen molar-refractivity contribution >= 4 is 22.9 Å². The zero-order chi connectivity index (χ0) is 17.4. The van der Waals surface area contributed by atoms with Gasteiger partial charge in [-0.25, -0.2) is 15.0 Å². The third kappa shape index (κ3) is 2.71. The van der Waals surface area contributed by atoms with Crippen LogP contribution >= 0.6 is 0 Å². The zero-order valence-electron chi connectivity index (χ0n) is 14.3. The molecule has 0 unspecified atom stereocenters. The van der Waals surface area contributed by atoms with Crippen LogP contribution in [0.4, 0.5) is 5.82 Å². The summed E-state index contributed by atoms with van der Waals surface area (Å²) in [4.78, 5) is 32.1. The minimum Gasteiger partial charge on any atom is -0.348 e. The molecule has 1 N–H and O–H groups in total. The lowest BCUT2D eigenvalue weighted by atomic mass is 10.1. The molecule has 1 amide bonds. The smallest absolute Gasteiger partial charge is 0.242 e. The van der Waals surface area contributed by atoms with Gasteiger partial charge < -0.3 is 14.8 Å². The molecule has 0 spiro atoms. The van der Waals surface area contributed by atoms with Crippen molar-refractivity contribution in [1.29, 1.82) is 0 Å². The van der Waals surface area contributed by atoms with E-state index in [0.29, 0.717) is 11.5 Å². The lowest BCUT2D eigenvalue weighted by molar-refractivity contribution is -0.130. The Balaban J connectivity index is 1.51. The highest BCUT2D eigenvalue weighted by Gasteiger charge is 2.29. The number of anilines is 1. The second-order valence-electron chi connectivity index (χ2n) is 6.41. The number of nitrogens with zero attached hydrogens (tertiary/aromatic N) is 5. The molecule has 0 saturated heterocycles. The van der Waals surface area contributed by atoms with Crippen molar-refractivity contribution < 1.29 is 4.79 Å². The normalized spacial score (nSPS) is 16.0. The molecular formula is C18H20N6O. The number of carbonyl (C=O) groups excluding carboxylic acids is 1. The molecule has 7 heteroatoms. The van der Waals surface area contributed by atoms with Crippen molar-refractivity contribution in [3.63, 3.8) is 0 Å². The Morgan fingerprint density at radius 3 is 2.96 bits per heavy atom. The highest BCUT2D eigenvalue weighted by Crippen LogP contribution is 2.34. The quantitative estimate of drug-likeness (QED) is 0.788. The lowest BCUT2D eigenvalue weighted by Crippen LogP contribution is -2.38. The van der Waals surface area contributed by atoms with E-state index in [9.17, 15) is 4.79 Å². The monoisotopic (exact) mass is 336 g/mol. The summed E-state index contributed by atoms with van der Waals surface area (Å²) in [5.41, 5.74) is 3.95. The van der Waals surface area contributed by atoms with Crippen LogP contribution in [0, 0.1) is 0 Å². The fourth-order valence-corrected chi connectivity index (χ4v) is 3.54. The molecule has 2 heterocycles. The van der Waals surface area contributed by atoms with Crippen LogP contribution in [0.5, 0.6) is 0 Å². The largest absolute Gasteiger partial charge is 0.348 e. The van der Waals surface area contributed by atoms with Gasteiger partial charge in [-0.15, -0.1) is 0 Å². The van der Waals surface area contributed by atoms with Crippen molar-refractivity contribution in [2.75, 3.05) is 25.5 Å². The fourth-order valence-electron chi connectivity index (χ4n) is 3.54. The highest BCUT2D eigenvalue weighted by atomic mass is 16.2. The molecule has 0 aliphatic heterocycles. The highest BCUT2D eigenvalue weighted by molar-refractivity contribution is 5.87. The summed E-state index contributed by atoms with van der Waals surface area (Å²) < 4.78 is 0. The molecule has 0 saturated carbocycles. The maximum absolute atomic E-state index is 12.8. The Kier molecular flexibility index (Phi) is 3.83. The van der Waals surface area contributed by atoms with Crippen LogP contribution in [0.1, 0.15) is 23.6 Å². The van der Waals surface area contributed by atoms with Crippen LogP contribution in [0.2, 0.25) is 0 Å². The number of benzene rings is 1. The summed E-state index contributed by atoms with van der Waals surface area (Å²) in [7, 11) is 3.74. The average Bonchev–Trinajstić information content (AvgIpc) is 3.27. The Morgan fingerprint density at radius 1 is 1.24 bits per heavy atom. The van der Waals surface area contributed by atoms with Gasteiger partial charge in [0.15, 0.2) is 11.5 Å². The van der Waals surface area contributed by atoms with E-state index in [2.05, 4.69) is 38.1 Å².